The number of piperidine rings is 1. The zero-order valence-corrected chi connectivity index (χ0v) is 14.7. The second-order valence-electron chi connectivity index (χ2n) is 6.65. The molecule has 3 rings (SSSR count). The fourth-order valence-corrected chi connectivity index (χ4v) is 3.08. The Morgan fingerprint density at radius 3 is 2.38 bits per heavy atom. The molecule has 2 aromatic rings. The Hall–Kier alpha value is -2.70. The van der Waals surface area contributed by atoms with Gasteiger partial charge in [0.15, 0.2) is 0 Å². The van der Waals surface area contributed by atoms with Crippen molar-refractivity contribution in [1.29, 1.82) is 0 Å². The van der Waals surface area contributed by atoms with Gasteiger partial charge in [-0.1, -0.05) is 36.4 Å². The quantitative estimate of drug-likeness (QED) is 0.580. The third kappa shape index (κ3) is 4.09. The van der Waals surface area contributed by atoms with Crippen LogP contribution in [0, 0.1) is 0 Å². The first-order valence-corrected chi connectivity index (χ1v) is 8.62. The Kier molecular flexibility index (Phi) is 5.35. The molecular weight excluding hydrogens is 330 g/mol. The maximum absolute atomic E-state index is 12.4. The number of aromatic hydroxyl groups is 1. The minimum absolute atomic E-state index is 0.0128. The molecular formula is C20H23N3O3. The van der Waals surface area contributed by atoms with Gasteiger partial charge in [-0.2, -0.15) is 5.10 Å². The van der Waals surface area contributed by atoms with E-state index in [4.69, 9.17) is 0 Å². The average Bonchev–Trinajstić information content (AvgIpc) is 2.65. The van der Waals surface area contributed by atoms with Crippen LogP contribution in [-0.2, 0) is 0 Å². The summed E-state index contributed by atoms with van der Waals surface area (Å²) >= 11 is 0. The summed E-state index contributed by atoms with van der Waals surface area (Å²) in [6, 6.07) is 15.4. The zero-order valence-electron chi connectivity index (χ0n) is 14.7. The van der Waals surface area contributed by atoms with Crippen LogP contribution in [0.5, 0.6) is 5.75 Å². The fraction of sp³-hybridized carbons (Fsp3) is 0.300. The Morgan fingerprint density at radius 1 is 1.08 bits per heavy atom. The van der Waals surface area contributed by atoms with Gasteiger partial charge in [0.2, 0.25) is 0 Å². The first-order chi connectivity index (χ1) is 12.5. The molecule has 0 spiro atoms. The number of hydrogen-bond acceptors (Lipinski definition) is 5. The normalized spacial score (nSPS) is 17.7. The van der Waals surface area contributed by atoms with Gasteiger partial charge < -0.3 is 15.1 Å². The van der Waals surface area contributed by atoms with Gasteiger partial charge in [-0.3, -0.25) is 4.79 Å². The predicted octanol–water partition coefficient (Wildman–Crippen LogP) is 1.98. The Balaban J connectivity index is 1.88. The molecule has 1 saturated heterocycles. The molecule has 0 saturated carbocycles. The lowest BCUT2D eigenvalue weighted by Crippen LogP contribution is -2.49. The van der Waals surface area contributed by atoms with Crippen molar-refractivity contribution in [3.8, 4) is 5.75 Å². The summed E-state index contributed by atoms with van der Waals surface area (Å²) in [5, 5.41) is 25.0. The molecule has 1 aliphatic rings. The number of rotatable bonds is 4. The zero-order chi connectivity index (χ0) is 18.6. The molecule has 0 radical (unpaired) electrons. The first kappa shape index (κ1) is 18.1. The van der Waals surface area contributed by atoms with E-state index in [1.165, 1.54) is 12.1 Å². The second kappa shape index (κ2) is 7.68. The molecule has 1 amide bonds. The lowest BCUT2D eigenvalue weighted by atomic mass is 9.83. The van der Waals surface area contributed by atoms with E-state index in [0.29, 0.717) is 24.1 Å². The van der Waals surface area contributed by atoms with Crippen molar-refractivity contribution in [2.75, 3.05) is 20.1 Å². The highest BCUT2D eigenvalue weighted by Crippen LogP contribution is 2.26. The molecule has 0 atom stereocenters. The summed E-state index contributed by atoms with van der Waals surface area (Å²) < 4.78 is 0. The average molecular weight is 353 g/mol. The van der Waals surface area contributed by atoms with Crippen molar-refractivity contribution in [3.63, 3.8) is 0 Å². The van der Waals surface area contributed by atoms with Crippen molar-refractivity contribution in [2.45, 2.75) is 18.4 Å². The van der Waals surface area contributed by atoms with E-state index < -0.39 is 11.5 Å². The van der Waals surface area contributed by atoms with Gasteiger partial charge in [0, 0.05) is 24.2 Å². The van der Waals surface area contributed by atoms with Gasteiger partial charge in [0.1, 0.15) is 11.4 Å². The van der Waals surface area contributed by atoms with Crippen LogP contribution in [0.4, 0.5) is 0 Å². The highest BCUT2D eigenvalue weighted by atomic mass is 16.3. The van der Waals surface area contributed by atoms with Crippen molar-refractivity contribution >= 4 is 11.6 Å². The van der Waals surface area contributed by atoms with E-state index >= 15 is 0 Å². The Morgan fingerprint density at radius 2 is 1.73 bits per heavy atom. The number of hydrazone groups is 1. The molecule has 1 heterocycles. The minimum Gasteiger partial charge on any atom is -0.508 e. The van der Waals surface area contributed by atoms with E-state index in [9.17, 15) is 15.0 Å². The summed E-state index contributed by atoms with van der Waals surface area (Å²) in [6.45, 7) is 1.51. The van der Waals surface area contributed by atoms with E-state index in [-0.39, 0.29) is 5.75 Å². The number of likely N-dealkylation sites (tertiary alicyclic amines) is 1. The molecule has 0 unspecified atom stereocenters. The molecule has 1 aliphatic heterocycles. The van der Waals surface area contributed by atoms with Crippen LogP contribution in [0.2, 0.25) is 0 Å². The van der Waals surface area contributed by atoms with Gasteiger partial charge in [0.05, 0.1) is 5.71 Å². The highest BCUT2D eigenvalue weighted by Gasteiger charge is 2.37. The molecule has 6 nitrogen and oxygen atoms in total. The minimum atomic E-state index is -1.10. The van der Waals surface area contributed by atoms with E-state index in [1.807, 2.05) is 37.4 Å². The van der Waals surface area contributed by atoms with Crippen molar-refractivity contribution in [2.24, 2.45) is 5.10 Å². The van der Waals surface area contributed by atoms with Crippen LogP contribution in [0.15, 0.2) is 59.7 Å². The number of phenolic OH excluding ortho intramolecular Hbond substituents is 1. The first-order valence-electron chi connectivity index (χ1n) is 8.62. The van der Waals surface area contributed by atoms with Crippen LogP contribution in [-0.4, -0.2) is 52.5 Å². The summed E-state index contributed by atoms with van der Waals surface area (Å²) in [4.78, 5) is 14.5. The predicted molar refractivity (Wildman–Crippen MR) is 100 cm³/mol. The summed E-state index contributed by atoms with van der Waals surface area (Å²) in [5.74, 6) is -0.426. The van der Waals surface area contributed by atoms with Crippen LogP contribution < -0.4 is 5.43 Å². The SMILES string of the molecule is CN1CCC(O)(C(=NNC(=O)c2cccc(O)c2)c2ccccc2)CC1. The summed E-state index contributed by atoms with van der Waals surface area (Å²) in [6.07, 6.45) is 1.08. The number of amides is 1. The van der Waals surface area contributed by atoms with Gasteiger partial charge in [-0.05, 0) is 38.1 Å². The van der Waals surface area contributed by atoms with E-state index in [1.54, 1.807) is 12.1 Å². The standard InChI is InChI=1S/C20H23N3O3/c1-23-12-10-20(26,11-13-23)18(15-6-3-2-4-7-15)21-22-19(25)16-8-5-9-17(24)14-16/h2-9,14,24,26H,10-13H2,1H3,(H,22,25). The molecule has 26 heavy (non-hydrogen) atoms. The van der Waals surface area contributed by atoms with Crippen LogP contribution in [0.1, 0.15) is 28.8 Å². The number of nitrogens with zero attached hydrogens (tertiary/aromatic N) is 2. The van der Waals surface area contributed by atoms with Crippen molar-refractivity contribution in [1.82, 2.24) is 10.3 Å². The third-order valence-electron chi connectivity index (χ3n) is 4.68. The van der Waals surface area contributed by atoms with Gasteiger partial charge in [-0.25, -0.2) is 5.43 Å². The molecule has 6 heteroatoms. The van der Waals surface area contributed by atoms with Gasteiger partial charge >= 0.3 is 0 Å². The number of carbonyl (C=O) groups is 1. The maximum atomic E-state index is 12.4. The van der Waals surface area contributed by atoms with Crippen LogP contribution >= 0.6 is 0 Å². The molecule has 0 aliphatic carbocycles. The molecule has 3 N–H and O–H groups in total. The summed E-state index contributed by atoms with van der Waals surface area (Å²) in [7, 11) is 2.02. The van der Waals surface area contributed by atoms with Crippen LogP contribution in [0.3, 0.4) is 0 Å². The smallest absolute Gasteiger partial charge is 0.271 e. The number of carbonyl (C=O) groups excluding carboxylic acids is 1. The monoisotopic (exact) mass is 353 g/mol. The summed E-state index contributed by atoms with van der Waals surface area (Å²) in [5.41, 5.74) is 2.96. The molecule has 0 aromatic heterocycles. The van der Waals surface area contributed by atoms with Crippen molar-refractivity contribution < 1.29 is 15.0 Å². The van der Waals surface area contributed by atoms with Crippen molar-refractivity contribution in [3.05, 3.63) is 65.7 Å². The largest absolute Gasteiger partial charge is 0.508 e. The number of aliphatic hydroxyl groups is 1. The molecule has 0 bridgehead atoms. The molecule has 2 aromatic carbocycles. The third-order valence-corrected chi connectivity index (χ3v) is 4.68. The maximum Gasteiger partial charge on any atom is 0.271 e. The number of nitrogens with one attached hydrogen (secondary N) is 1. The van der Waals surface area contributed by atoms with E-state index in [2.05, 4.69) is 15.4 Å². The number of hydrogen-bond donors (Lipinski definition) is 3. The Labute approximate surface area is 152 Å². The van der Waals surface area contributed by atoms with Gasteiger partial charge in [-0.15, -0.1) is 0 Å². The van der Waals surface area contributed by atoms with Crippen LogP contribution in [0.25, 0.3) is 0 Å². The number of phenols is 1. The lowest BCUT2D eigenvalue weighted by molar-refractivity contribution is 0.0437. The topological polar surface area (TPSA) is 85.2 Å². The molecule has 136 valence electrons. The fourth-order valence-electron chi connectivity index (χ4n) is 3.08. The second-order valence-corrected chi connectivity index (χ2v) is 6.65. The Bertz CT molecular complexity index is 797. The molecule has 1 fully saturated rings. The highest BCUT2D eigenvalue weighted by molar-refractivity contribution is 6.07. The number of benzene rings is 2. The van der Waals surface area contributed by atoms with Gasteiger partial charge in [0.25, 0.3) is 5.91 Å². The van der Waals surface area contributed by atoms with E-state index in [0.717, 1.165) is 18.7 Å². The lowest BCUT2D eigenvalue weighted by Gasteiger charge is -2.37.